The zero-order valence-electron chi connectivity index (χ0n) is 63.1. The van der Waals surface area contributed by atoms with Crippen LogP contribution in [0.25, 0.3) is 50.4 Å². The molecule has 6 aromatic heterocycles. The number of benzene rings is 6. The Balaban J connectivity index is 0.000000136. The Kier molecular flexibility index (Phi) is 23.9. The quantitative estimate of drug-likeness (QED) is 0.0772. The minimum atomic E-state index is -1.78. The van der Waals surface area contributed by atoms with Crippen LogP contribution < -0.4 is 21.3 Å². The molecule has 5 unspecified atom stereocenters. The van der Waals surface area contributed by atoms with Crippen LogP contribution in [0.15, 0.2) is 158 Å². The molecule has 0 spiro atoms. The third kappa shape index (κ3) is 17.9. The minimum absolute atomic E-state index is 0.00255. The molecule has 4 N–H and O–H groups in total. The van der Waals surface area contributed by atoms with Gasteiger partial charge >= 0.3 is 24.1 Å². The third-order valence-electron chi connectivity index (χ3n) is 19.8. The van der Waals surface area contributed by atoms with E-state index in [1.807, 2.05) is 27.7 Å². The molecule has 0 saturated heterocycles. The van der Waals surface area contributed by atoms with E-state index in [0.717, 1.165) is 72.4 Å². The number of pyridine rings is 1. The summed E-state index contributed by atoms with van der Waals surface area (Å²) in [7, 11) is 0. The zero-order chi connectivity index (χ0) is 83.4. The van der Waals surface area contributed by atoms with E-state index in [4.69, 9.17) is 24.7 Å². The Bertz CT molecular complexity index is 5820. The number of hydrogen-bond acceptors (Lipinski definition) is 15. The smallest absolute Gasteiger partial charge is 0.322 e. The van der Waals surface area contributed by atoms with Crippen molar-refractivity contribution in [3.63, 3.8) is 0 Å². The number of alkyl halides is 1. The lowest BCUT2D eigenvalue weighted by atomic mass is 9.97. The second kappa shape index (κ2) is 34.5. The summed E-state index contributed by atoms with van der Waals surface area (Å²) in [6, 6.07) is 22.2. The first-order valence-electron chi connectivity index (χ1n) is 36.3. The number of aryl methyl sites for hydroxylation is 2. The number of carbonyl (C=O) groups is 4. The van der Waals surface area contributed by atoms with Crippen LogP contribution in [0.5, 0.6) is 0 Å². The van der Waals surface area contributed by atoms with Gasteiger partial charge in [0, 0.05) is 149 Å². The van der Waals surface area contributed by atoms with Gasteiger partial charge in [0.2, 0.25) is 11.4 Å². The number of nitrogens with one attached hydrogen (secondary N) is 4. The summed E-state index contributed by atoms with van der Waals surface area (Å²) >= 11 is 0. The van der Waals surface area contributed by atoms with Gasteiger partial charge in [0.25, 0.3) is 0 Å². The Morgan fingerprint density at radius 2 is 0.803 bits per heavy atom. The Morgan fingerprint density at radius 3 is 1.19 bits per heavy atom. The van der Waals surface area contributed by atoms with Crippen LogP contribution >= 0.6 is 0 Å². The van der Waals surface area contributed by atoms with Gasteiger partial charge in [-0.3, -0.25) is 4.98 Å². The highest BCUT2D eigenvalue weighted by atomic mass is 19.2. The van der Waals surface area contributed by atoms with Crippen molar-refractivity contribution in [1.29, 1.82) is 0 Å². The minimum Gasteiger partial charge on any atom is -0.356 e. The number of nitrogens with zero attached hydrogens (tertiary/aromatic N) is 12. The number of halogens is 11. The molecular weight excluding hydrogens is 1550 g/mol. The largest absolute Gasteiger partial charge is 0.356 e. The number of hydrogen-bond donors (Lipinski definition) is 4. The summed E-state index contributed by atoms with van der Waals surface area (Å²) in [6.45, 7) is 19.5. The fourth-order valence-electron chi connectivity index (χ4n) is 13.6. The van der Waals surface area contributed by atoms with Gasteiger partial charge in [-0.05, 0) is 151 Å². The van der Waals surface area contributed by atoms with Crippen LogP contribution in [0.4, 0.5) is 95.9 Å². The van der Waals surface area contributed by atoms with Gasteiger partial charge < -0.3 is 59.0 Å². The Hall–Kier alpha value is -13.8. The van der Waals surface area contributed by atoms with Crippen molar-refractivity contribution in [2.24, 2.45) is 0 Å². The van der Waals surface area contributed by atoms with E-state index in [2.05, 4.69) is 61.7 Å². The molecule has 12 aromatic rings. The van der Waals surface area contributed by atoms with Crippen LogP contribution in [0.2, 0.25) is 0 Å². The lowest BCUT2D eigenvalue weighted by Gasteiger charge is -2.32. The number of amides is 8. The molecule has 8 amide bonds. The molecule has 602 valence electrons. The van der Waals surface area contributed by atoms with Crippen molar-refractivity contribution >= 4 is 52.6 Å². The molecule has 0 aliphatic carbocycles. The van der Waals surface area contributed by atoms with Gasteiger partial charge in [0.15, 0.2) is 34.7 Å². The molecule has 24 nitrogen and oxygen atoms in total. The van der Waals surface area contributed by atoms with Crippen LogP contribution in [-0.2, 0) is 51.9 Å². The van der Waals surface area contributed by atoms with E-state index >= 15 is 0 Å². The van der Waals surface area contributed by atoms with E-state index in [-0.39, 0.29) is 120 Å². The van der Waals surface area contributed by atoms with Crippen molar-refractivity contribution < 1.29 is 85.6 Å². The molecule has 16 rings (SSSR count). The number of fused-ring (bicyclic) bond motifs is 4. The summed E-state index contributed by atoms with van der Waals surface area (Å²) in [6.07, 6.45) is 4.78. The first kappa shape index (κ1) is 81.2. The molecule has 117 heavy (non-hydrogen) atoms. The van der Waals surface area contributed by atoms with E-state index in [1.165, 1.54) is 47.4 Å². The van der Waals surface area contributed by atoms with E-state index in [9.17, 15) is 67.5 Å². The molecule has 0 saturated carbocycles. The highest BCUT2D eigenvalue weighted by molar-refractivity contribution is 5.93. The SMILES string of the molecule is CC(F)c1cc(NC(=O)N2Cc3c(noc3-c3ccc(F)cc3F)CC2C)cc(F)c1F.Cc1cc(NC(=O)N2Cc3c(noc3-c3ccc(F)cc3F)CC2C)ccc1F.Cc1cc(NC(=O)N2Cc3c(noc3-c3ccc(F)cc3F)CC2C)ccn1.[C-]#[N+]c1cc(NC(=O)N2Cc3c(noc3-c3ncccn3)CC2C)ccc1F. The third-order valence-corrected chi connectivity index (χ3v) is 19.8. The molecule has 0 fully saturated rings. The average molecular weight is 1620 g/mol. The van der Waals surface area contributed by atoms with E-state index < -0.39 is 70.1 Å². The number of rotatable bonds is 9. The van der Waals surface area contributed by atoms with Gasteiger partial charge in [0.05, 0.1) is 72.2 Å². The molecule has 35 heteroatoms. The van der Waals surface area contributed by atoms with Crippen LogP contribution in [0.1, 0.15) is 103 Å². The Labute approximate surface area is 659 Å². The lowest BCUT2D eigenvalue weighted by Crippen LogP contribution is -2.44. The first-order chi connectivity index (χ1) is 56.0. The lowest BCUT2D eigenvalue weighted by molar-refractivity contribution is 0.181. The molecule has 6 aromatic carbocycles. The van der Waals surface area contributed by atoms with Gasteiger partial charge in [-0.2, -0.15) is 0 Å². The van der Waals surface area contributed by atoms with Crippen molar-refractivity contribution in [2.45, 2.75) is 131 Å². The maximum absolute atomic E-state index is 14.3. The standard InChI is InChI=1S/C22H18F5N3O2.C21H18F3N3O2.C20H18F2N4O2.C19H15FN6O2/c1-10-5-19-16(21(32-29-19)14-4-3-12(24)6-17(14)25)9-30(10)22(31)28-13-7-15(11(2)23)20(27)18(26)8-13;1-11-7-14(4-6-17(11)23)25-21(28)27-10-16-19(8-12(27)2)26-29-20(16)15-5-3-13(22)9-18(15)24;1-11-7-14(5-6-23-11)24-20(27)26-10-16-18(8-12(26)2)25-28-19(16)15-4-3-13(21)9-17(15)22;1-11-8-15-13(17(28-25-15)18-22-6-3-7-23-18)10-26(11)19(27)24-12-4-5-14(20)16(9-12)21-2/h3-4,6-8,10-11H,5,9H2,1-2H3,(H,28,31);3-7,9,12H,8,10H2,1-2H3,(H,25,28);3-7,9,12H,8,10H2,1-2H3,(H,23,24,27);3-7,9,11H,8,10H2,1H3,(H,24,27). The summed E-state index contributed by atoms with van der Waals surface area (Å²) in [5, 5.41) is 26.9. The topological polar surface area (TPSA) is 277 Å². The van der Waals surface area contributed by atoms with Gasteiger partial charge in [-0.25, -0.2) is 82.3 Å². The molecule has 0 bridgehead atoms. The van der Waals surface area contributed by atoms with Crippen molar-refractivity contribution in [2.75, 3.05) is 21.3 Å². The number of carbonyl (C=O) groups excluding carboxylic acids is 4. The molecule has 10 heterocycles. The Morgan fingerprint density at radius 1 is 0.427 bits per heavy atom. The fourth-order valence-corrected chi connectivity index (χ4v) is 13.6. The van der Waals surface area contributed by atoms with Crippen LogP contribution in [0.3, 0.4) is 0 Å². The fraction of sp³-hybridized carbons (Fsp3) is 0.244. The zero-order valence-corrected chi connectivity index (χ0v) is 63.1. The summed E-state index contributed by atoms with van der Waals surface area (Å²) in [5.74, 6) is -6.70. The highest BCUT2D eigenvalue weighted by Crippen LogP contribution is 2.40. The first-order valence-corrected chi connectivity index (χ1v) is 36.3. The molecule has 4 aliphatic rings. The number of anilines is 4. The number of aromatic nitrogens is 7. The predicted octanol–water partition coefficient (Wildman–Crippen LogP) is 19.1. The summed E-state index contributed by atoms with van der Waals surface area (Å²) < 4.78 is 172. The second-order valence-electron chi connectivity index (χ2n) is 28.0. The van der Waals surface area contributed by atoms with Crippen LogP contribution in [0, 0.1) is 78.6 Å². The number of urea groups is 4. The predicted molar refractivity (Wildman–Crippen MR) is 403 cm³/mol. The normalized spacial score (nSPS) is 16.0. The van der Waals surface area contributed by atoms with Gasteiger partial charge in [-0.1, -0.05) is 20.6 Å². The van der Waals surface area contributed by atoms with Crippen molar-refractivity contribution in [3.8, 4) is 45.6 Å². The molecule has 0 radical (unpaired) electrons. The molecule has 5 atom stereocenters. The van der Waals surface area contributed by atoms with Crippen LogP contribution in [-0.4, -0.2) is 103 Å². The second-order valence-corrected chi connectivity index (χ2v) is 28.0. The monoisotopic (exact) mass is 1610 g/mol. The van der Waals surface area contributed by atoms with Gasteiger partial charge in [-0.15, -0.1) is 0 Å². The van der Waals surface area contributed by atoms with E-state index in [1.54, 1.807) is 71.4 Å². The maximum Gasteiger partial charge on any atom is 0.322 e. The average Bonchev–Trinajstić information content (AvgIpc) is 1.68. The van der Waals surface area contributed by atoms with Gasteiger partial charge in [0.1, 0.15) is 52.7 Å². The van der Waals surface area contributed by atoms with Crippen molar-refractivity contribution in [3.05, 3.63) is 271 Å². The molecular formula is C82H69F11N16O8. The van der Waals surface area contributed by atoms with Crippen molar-refractivity contribution in [1.82, 2.24) is 55.2 Å². The maximum atomic E-state index is 14.3. The molecule has 4 aliphatic heterocycles. The summed E-state index contributed by atoms with van der Waals surface area (Å²) in [4.78, 5) is 73.1. The highest BCUT2D eigenvalue weighted by Gasteiger charge is 2.38. The van der Waals surface area contributed by atoms with E-state index in [0.29, 0.717) is 99.7 Å². The summed E-state index contributed by atoms with van der Waals surface area (Å²) in [5.41, 5.74) is 7.17.